The fraction of sp³-hybridized carbons (Fsp3) is 0.0500. The van der Waals surface area contributed by atoms with Crippen LogP contribution in [0.2, 0.25) is 10.0 Å². The predicted molar refractivity (Wildman–Crippen MR) is 109 cm³/mol. The molecule has 0 radical (unpaired) electrons. The van der Waals surface area contributed by atoms with E-state index in [-0.39, 0.29) is 12.1 Å². The van der Waals surface area contributed by atoms with Crippen molar-refractivity contribution in [3.8, 4) is 0 Å². The number of primary amides is 1. The van der Waals surface area contributed by atoms with Gasteiger partial charge in [-0.25, -0.2) is 0 Å². The standard InChI is InChI=1S/C20H15Cl2N3O3/c21-14-6-3-13(17(22)10-14)11-25-9-1-2-16(20(25)28)19(27)24-15-7-4-12(5-8-15)18(23)26/h1-10H,11H2,(H2,23,26)(H,24,27). The van der Waals surface area contributed by atoms with E-state index in [9.17, 15) is 14.4 Å². The predicted octanol–water partition coefficient (Wildman–Crippen LogP) is 3.55. The van der Waals surface area contributed by atoms with Crippen molar-refractivity contribution in [1.82, 2.24) is 4.57 Å². The maximum Gasteiger partial charge on any atom is 0.263 e. The topological polar surface area (TPSA) is 94.2 Å². The zero-order valence-corrected chi connectivity index (χ0v) is 16.0. The number of benzene rings is 2. The van der Waals surface area contributed by atoms with Gasteiger partial charge in [0, 0.05) is 27.5 Å². The van der Waals surface area contributed by atoms with Gasteiger partial charge in [0.05, 0.1) is 6.54 Å². The zero-order valence-electron chi connectivity index (χ0n) is 14.5. The van der Waals surface area contributed by atoms with Crippen molar-refractivity contribution in [2.45, 2.75) is 6.54 Å². The Kier molecular flexibility index (Phi) is 5.82. The van der Waals surface area contributed by atoms with Crippen LogP contribution in [0.3, 0.4) is 0 Å². The molecule has 28 heavy (non-hydrogen) atoms. The minimum absolute atomic E-state index is 0.0217. The third-order valence-electron chi connectivity index (χ3n) is 4.05. The van der Waals surface area contributed by atoms with Gasteiger partial charge in [0.1, 0.15) is 5.56 Å². The highest BCUT2D eigenvalue weighted by Crippen LogP contribution is 2.21. The van der Waals surface area contributed by atoms with Crippen LogP contribution in [0.5, 0.6) is 0 Å². The van der Waals surface area contributed by atoms with Crippen LogP contribution in [0.1, 0.15) is 26.3 Å². The van der Waals surface area contributed by atoms with Gasteiger partial charge < -0.3 is 15.6 Å². The van der Waals surface area contributed by atoms with Crippen LogP contribution >= 0.6 is 23.2 Å². The lowest BCUT2D eigenvalue weighted by atomic mass is 10.2. The number of nitrogens with two attached hydrogens (primary N) is 1. The highest BCUT2D eigenvalue weighted by atomic mass is 35.5. The first-order valence-corrected chi connectivity index (χ1v) is 8.95. The van der Waals surface area contributed by atoms with Crippen molar-refractivity contribution in [1.29, 1.82) is 0 Å². The number of halogens is 2. The third kappa shape index (κ3) is 4.42. The summed E-state index contributed by atoms with van der Waals surface area (Å²) in [5.74, 6) is -1.13. The lowest BCUT2D eigenvalue weighted by molar-refractivity contribution is 0.0998. The summed E-state index contributed by atoms with van der Waals surface area (Å²) in [4.78, 5) is 36.3. The number of nitrogens with zero attached hydrogens (tertiary/aromatic N) is 1. The maximum absolute atomic E-state index is 12.7. The molecule has 1 heterocycles. The highest BCUT2D eigenvalue weighted by Gasteiger charge is 2.14. The first-order chi connectivity index (χ1) is 13.3. The molecule has 0 aliphatic rings. The summed E-state index contributed by atoms with van der Waals surface area (Å²) in [5.41, 5.74) is 6.16. The number of pyridine rings is 1. The number of rotatable bonds is 5. The Labute approximate surface area is 170 Å². The molecule has 8 heteroatoms. The monoisotopic (exact) mass is 415 g/mol. The second-order valence-corrected chi connectivity index (χ2v) is 6.83. The van der Waals surface area contributed by atoms with Gasteiger partial charge in [-0.15, -0.1) is 0 Å². The number of amides is 2. The molecule has 0 atom stereocenters. The summed E-state index contributed by atoms with van der Waals surface area (Å²) in [7, 11) is 0. The van der Waals surface area contributed by atoms with Crippen molar-refractivity contribution < 1.29 is 9.59 Å². The van der Waals surface area contributed by atoms with Gasteiger partial charge in [-0.1, -0.05) is 29.3 Å². The Hall–Kier alpha value is -3.09. The number of hydrogen-bond acceptors (Lipinski definition) is 3. The fourth-order valence-electron chi connectivity index (χ4n) is 2.58. The van der Waals surface area contributed by atoms with Gasteiger partial charge in [-0.05, 0) is 54.1 Å². The Balaban J connectivity index is 1.82. The van der Waals surface area contributed by atoms with Gasteiger partial charge >= 0.3 is 0 Å². The summed E-state index contributed by atoms with van der Waals surface area (Å²) in [5, 5.41) is 3.56. The molecule has 2 aromatic carbocycles. The van der Waals surface area contributed by atoms with E-state index in [1.54, 1.807) is 30.5 Å². The fourth-order valence-corrected chi connectivity index (χ4v) is 3.05. The second kappa shape index (κ2) is 8.29. The van der Waals surface area contributed by atoms with Crippen LogP contribution in [0.15, 0.2) is 65.6 Å². The molecular formula is C20H15Cl2N3O3. The normalized spacial score (nSPS) is 10.5. The average Bonchev–Trinajstić information content (AvgIpc) is 2.65. The van der Waals surface area contributed by atoms with Crippen LogP contribution in [0, 0.1) is 0 Å². The molecule has 3 aromatic rings. The average molecular weight is 416 g/mol. The summed E-state index contributed by atoms with van der Waals surface area (Å²) >= 11 is 12.1. The minimum atomic E-state index is -0.565. The Morgan fingerprint density at radius 2 is 1.75 bits per heavy atom. The third-order valence-corrected chi connectivity index (χ3v) is 4.63. The van der Waals surface area contributed by atoms with Crippen LogP contribution in [0.25, 0.3) is 0 Å². The Morgan fingerprint density at radius 1 is 1.04 bits per heavy atom. The van der Waals surface area contributed by atoms with Crippen molar-refractivity contribution in [3.63, 3.8) is 0 Å². The van der Waals surface area contributed by atoms with Crippen molar-refractivity contribution in [2.75, 3.05) is 5.32 Å². The number of nitrogens with one attached hydrogen (secondary N) is 1. The van der Waals surface area contributed by atoms with E-state index in [2.05, 4.69) is 5.32 Å². The highest BCUT2D eigenvalue weighted by molar-refractivity contribution is 6.35. The summed E-state index contributed by atoms with van der Waals surface area (Å²) in [6.07, 6.45) is 1.58. The number of hydrogen-bond donors (Lipinski definition) is 2. The lowest BCUT2D eigenvalue weighted by Crippen LogP contribution is -2.29. The van der Waals surface area contributed by atoms with E-state index >= 15 is 0 Å². The maximum atomic E-state index is 12.7. The Morgan fingerprint density at radius 3 is 2.39 bits per heavy atom. The van der Waals surface area contributed by atoms with Crippen LogP contribution in [0.4, 0.5) is 5.69 Å². The lowest BCUT2D eigenvalue weighted by Gasteiger charge is -2.10. The number of anilines is 1. The molecule has 0 fully saturated rings. The smallest absolute Gasteiger partial charge is 0.263 e. The molecule has 142 valence electrons. The molecular weight excluding hydrogens is 401 g/mol. The molecule has 0 unspecified atom stereocenters. The Bertz CT molecular complexity index is 1110. The molecule has 0 saturated carbocycles. The summed E-state index contributed by atoms with van der Waals surface area (Å²) in [6.45, 7) is 0.198. The van der Waals surface area contributed by atoms with Gasteiger partial charge in [0.25, 0.3) is 11.5 Å². The van der Waals surface area contributed by atoms with E-state index in [4.69, 9.17) is 28.9 Å². The molecule has 1 aromatic heterocycles. The molecule has 6 nitrogen and oxygen atoms in total. The van der Waals surface area contributed by atoms with E-state index < -0.39 is 17.4 Å². The number of carbonyl (C=O) groups is 2. The van der Waals surface area contributed by atoms with Gasteiger partial charge in [0.2, 0.25) is 5.91 Å². The van der Waals surface area contributed by atoms with Crippen LogP contribution in [-0.4, -0.2) is 16.4 Å². The molecule has 0 aliphatic heterocycles. The van der Waals surface area contributed by atoms with E-state index in [1.165, 1.54) is 34.9 Å². The molecule has 0 spiro atoms. The largest absolute Gasteiger partial charge is 0.366 e. The number of aromatic nitrogens is 1. The zero-order chi connectivity index (χ0) is 20.3. The summed E-state index contributed by atoms with van der Waals surface area (Å²) in [6, 6.07) is 14.1. The second-order valence-electron chi connectivity index (χ2n) is 5.99. The van der Waals surface area contributed by atoms with Gasteiger partial charge in [-0.3, -0.25) is 14.4 Å². The molecule has 2 amide bonds. The van der Waals surface area contributed by atoms with E-state index in [1.807, 2.05) is 0 Å². The summed E-state index contributed by atoms with van der Waals surface area (Å²) < 4.78 is 1.39. The van der Waals surface area contributed by atoms with Crippen LogP contribution in [-0.2, 0) is 6.54 Å². The number of carbonyl (C=O) groups excluding carboxylic acids is 2. The van der Waals surface area contributed by atoms with E-state index in [0.29, 0.717) is 26.9 Å². The van der Waals surface area contributed by atoms with E-state index in [0.717, 1.165) is 0 Å². The quantitative estimate of drug-likeness (QED) is 0.666. The molecule has 0 aliphatic carbocycles. The van der Waals surface area contributed by atoms with Crippen molar-refractivity contribution in [2.24, 2.45) is 5.73 Å². The van der Waals surface area contributed by atoms with Crippen molar-refractivity contribution >= 4 is 40.7 Å². The van der Waals surface area contributed by atoms with Crippen LogP contribution < -0.4 is 16.6 Å². The first kappa shape index (κ1) is 19.7. The first-order valence-electron chi connectivity index (χ1n) is 8.20. The molecule has 0 bridgehead atoms. The molecule has 0 saturated heterocycles. The van der Waals surface area contributed by atoms with Crippen molar-refractivity contribution in [3.05, 3.63) is 97.9 Å². The molecule has 3 N–H and O–H groups in total. The van der Waals surface area contributed by atoms with Gasteiger partial charge in [0.15, 0.2) is 0 Å². The van der Waals surface area contributed by atoms with Gasteiger partial charge in [-0.2, -0.15) is 0 Å². The minimum Gasteiger partial charge on any atom is -0.366 e. The molecule has 3 rings (SSSR count). The SMILES string of the molecule is NC(=O)c1ccc(NC(=O)c2cccn(Cc3ccc(Cl)cc3Cl)c2=O)cc1.